The molecule has 0 radical (unpaired) electrons. The molecule has 1 amide bonds. The summed E-state index contributed by atoms with van der Waals surface area (Å²) in [4.78, 5) is 26.1. The first-order chi connectivity index (χ1) is 11.2. The van der Waals surface area contributed by atoms with Gasteiger partial charge in [0.05, 0.1) is 5.52 Å². The summed E-state index contributed by atoms with van der Waals surface area (Å²) in [5, 5.41) is 9.57. The second-order valence-electron chi connectivity index (χ2n) is 6.45. The third-order valence-electron chi connectivity index (χ3n) is 5.14. The molecule has 1 aliphatic heterocycles. The molecule has 0 atom stereocenters. The Kier molecular flexibility index (Phi) is 4.61. The van der Waals surface area contributed by atoms with Crippen molar-refractivity contribution in [2.45, 2.75) is 39.0 Å². The number of rotatable bonds is 5. The Hall–Kier alpha value is -1.95. The normalized spacial score (nSPS) is 17.6. The van der Waals surface area contributed by atoms with Gasteiger partial charge in [-0.05, 0) is 36.8 Å². The third kappa shape index (κ3) is 3.37. The number of hydrogen-bond acceptors (Lipinski definition) is 4. The molecular formula is C17H24N4O2. The van der Waals surface area contributed by atoms with Crippen molar-refractivity contribution in [1.82, 2.24) is 19.9 Å². The molecular weight excluding hydrogens is 292 g/mol. The highest BCUT2D eigenvalue weighted by molar-refractivity contribution is 5.76. The number of amides is 1. The summed E-state index contributed by atoms with van der Waals surface area (Å²) in [6.07, 6.45) is 5.52. The van der Waals surface area contributed by atoms with Crippen molar-refractivity contribution in [3.05, 3.63) is 24.2 Å². The molecule has 0 bridgehead atoms. The second kappa shape index (κ2) is 6.66. The monoisotopic (exact) mass is 316 g/mol. The maximum Gasteiger partial charge on any atom is 0.223 e. The lowest BCUT2D eigenvalue weighted by Crippen LogP contribution is -2.44. The van der Waals surface area contributed by atoms with Crippen molar-refractivity contribution in [1.29, 1.82) is 0 Å². The lowest BCUT2D eigenvalue weighted by Gasteiger charge is -2.40. The summed E-state index contributed by atoms with van der Waals surface area (Å²) in [5.41, 5.74) is 1.62. The van der Waals surface area contributed by atoms with Gasteiger partial charge in [-0.1, -0.05) is 6.92 Å². The Bertz CT molecular complexity index is 635. The maximum absolute atomic E-state index is 12.4. The molecule has 124 valence electrons. The van der Waals surface area contributed by atoms with Gasteiger partial charge in [0.1, 0.15) is 5.82 Å². The molecule has 0 aromatic carbocycles. The summed E-state index contributed by atoms with van der Waals surface area (Å²) in [5.74, 6) is 0.975. The molecule has 6 heteroatoms. The van der Waals surface area contributed by atoms with Gasteiger partial charge >= 0.3 is 0 Å². The molecule has 2 aromatic heterocycles. The first-order valence-corrected chi connectivity index (χ1v) is 8.34. The molecule has 2 N–H and O–H groups in total. The van der Waals surface area contributed by atoms with Gasteiger partial charge < -0.3 is 15.0 Å². The van der Waals surface area contributed by atoms with Crippen LogP contribution in [0.3, 0.4) is 0 Å². The molecule has 0 aliphatic carbocycles. The highest BCUT2D eigenvalue weighted by Crippen LogP contribution is 2.34. The number of nitrogens with one attached hydrogen (secondary N) is 1. The number of imidazole rings is 1. The van der Waals surface area contributed by atoms with Crippen LogP contribution in [0.2, 0.25) is 0 Å². The molecule has 1 saturated heterocycles. The minimum Gasteiger partial charge on any atom is -0.396 e. The van der Waals surface area contributed by atoms with Crippen LogP contribution < -0.4 is 0 Å². The fourth-order valence-electron chi connectivity index (χ4n) is 3.25. The van der Waals surface area contributed by atoms with Crippen LogP contribution >= 0.6 is 0 Å². The van der Waals surface area contributed by atoms with Crippen LogP contribution in [0.5, 0.6) is 0 Å². The zero-order valence-corrected chi connectivity index (χ0v) is 13.6. The molecule has 6 nitrogen and oxygen atoms in total. The number of aliphatic hydroxyl groups excluding tert-OH is 1. The Labute approximate surface area is 135 Å². The van der Waals surface area contributed by atoms with E-state index in [0.717, 1.165) is 43.7 Å². The van der Waals surface area contributed by atoms with Crippen LogP contribution in [0.15, 0.2) is 18.3 Å². The van der Waals surface area contributed by atoms with E-state index in [1.54, 1.807) is 6.20 Å². The molecule has 2 aromatic rings. The van der Waals surface area contributed by atoms with E-state index in [4.69, 9.17) is 0 Å². The Balaban J connectivity index is 1.54. The number of likely N-dealkylation sites (tertiary alicyclic amines) is 1. The van der Waals surface area contributed by atoms with Gasteiger partial charge in [-0.2, -0.15) is 0 Å². The number of aryl methyl sites for hydroxylation is 1. The van der Waals surface area contributed by atoms with Gasteiger partial charge in [0.15, 0.2) is 5.65 Å². The number of hydrogen-bond donors (Lipinski definition) is 2. The van der Waals surface area contributed by atoms with Gasteiger partial charge in [-0.3, -0.25) is 4.79 Å². The predicted octanol–water partition coefficient (Wildman–Crippen LogP) is 1.90. The summed E-state index contributed by atoms with van der Waals surface area (Å²) >= 11 is 0. The van der Waals surface area contributed by atoms with Crippen molar-refractivity contribution in [3.8, 4) is 0 Å². The third-order valence-corrected chi connectivity index (χ3v) is 5.14. The number of aromatic amines is 1. The minimum absolute atomic E-state index is 0.0151. The number of nitrogens with zero attached hydrogens (tertiary/aromatic N) is 3. The van der Waals surface area contributed by atoms with Crippen molar-refractivity contribution < 1.29 is 9.90 Å². The number of piperidine rings is 1. The number of fused-ring (bicyclic) bond motifs is 1. The summed E-state index contributed by atoms with van der Waals surface area (Å²) in [7, 11) is 0. The van der Waals surface area contributed by atoms with Crippen LogP contribution in [-0.2, 0) is 11.2 Å². The largest absolute Gasteiger partial charge is 0.396 e. The molecule has 0 saturated carbocycles. The lowest BCUT2D eigenvalue weighted by molar-refractivity contribution is -0.134. The Morgan fingerprint density at radius 1 is 1.43 bits per heavy atom. The van der Waals surface area contributed by atoms with Gasteiger partial charge in [0.25, 0.3) is 0 Å². The smallest absolute Gasteiger partial charge is 0.223 e. The van der Waals surface area contributed by atoms with E-state index in [2.05, 4.69) is 21.9 Å². The summed E-state index contributed by atoms with van der Waals surface area (Å²) < 4.78 is 0. The summed E-state index contributed by atoms with van der Waals surface area (Å²) in [6, 6.07) is 3.80. The average Bonchev–Trinajstić information content (AvgIpc) is 3.02. The summed E-state index contributed by atoms with van der Waals surface area (Å²) in [6.45, 7) is 3.82. The van der Waals surface area contributed by atoms with Crippen LogP contribution in [0.25, 0.3) is 11.2 Å². The van der Waals surface area contributed by atoms with Crippen molar-refractivity contribution >= 4 is 17.1 Å². The molecule has 0 spiro atoms. The second-order valence-corrected chi connectivity index (χ2v) is 6.45. The molecule has 1 aliphatic rings. The number of aliphatic hydroxyl groups is 1. The Morgan fingerprint density at radius 2 is 2.22 bits per heavy atom. The Morgan fingerprint density at radius 3 is 2.87 bits per heavy atom. The SMILES string of the molecule is CCC1(CO)CCN(C(=O)CCc2nc3ncccc3[nH]2)CC1. The highest BCUT2D eigenvalue weighted by Gasteiger charge is 2.33. The van der Waals surface area contributed by atoms with E-state index >= 15 is 0 Å². The number of carbonyl (C=O) groups excluding carboxylic acids is 1. The number of carbonyl (C=O) groups is 1. The van der Waals surface area contributed by atoms with Gasteiger partial charge in [-0.15, -0.1) is 0 Å². The van der Waals surface area contributed by atoms with E-state index in [-0.39, 0.29) is 17.9 Å². The van der Waals surface area contributed by atoms with Crippen LogP contribution in [-0.4, -0.2) is 50.6 Å². The number of aromatic nitrogens is 3. The molecule has 23 heavy (non-hydrogen) atoms. The standard InChI is InChI=1S/C17H24N4O2/c1-2-17(12-22)7-10-21(11-8-17)15(23)6-5-14-19-13-4-3-9-18-16(13)20-14/h3-4,9,22H,2,5-8,10-12H2,1H3,(H,18,19,20). The van der Waals surface area contributed by atoms with E-state index in [1.807, 2.05) is 17.0 Å². The fourth-order valence-corrected chi connectivity index (χ4v) is 3.25. The van der Waals surface area contributed by atoms with E-state index in [0.29, 0.717) is 18.5 Å². The number of H-pyrrole nitrogens is 1. The number of pyridine rings is 1. The van der Waals surface area contributed by atoms with Gasteiger partial charge in [0.2, 0.25) is 5.91 Å². The first-order valence-electron chi connectivity index (χ1n) is 8.34. The van der Waals surface area contributed by atoms with Gasteiger partial charge in [-0.25, -0.2) is 9.97 Å². The average molecular weight is 316 g/mol. The maximum atomic E-state index is 12.4. The molecule has 1 fully saturated rings. The van der Waals surface area contributed by atoms with Gasteiger partial charge in [0, 0.05) is 38.7 Å². The quantitative estimate of drug-likeness (QED) is 0.882. The van der Waals surface area contributed by atoms with Crippen molar-refractivity contribution in [3.63, 3.8) is 0 Å². The van der Waals surface area contributed by atoms with E-state index < -0.39 is 0 Å². The van der Waals surface area contributed by atoms with Crippen LogP contribution in [0.4, 0.5) is 0 Å². The lowest BCUT2D eigenvalue weighted by atomic mass is 9.77. The molecule has 3 rings (SSSR count). The van der Waals surface area contributed by atoms with Crippen molar-refractivity contribution in [2.75, 3.05) is 19.7 Å². The zero-order chi connectivity index (χ0) is 16.3. The zero-order valence-electron chi connectivity index (χ0n) is 13.6. The predicted molar refractivity (Wildman–Crippen MR) is 87.8 cm³/mol. The van der Waals surface area contributed by atoms with Crippen LogP contribution in [0, 0.1) is 5.41 Å². The molecule has 0 unspecified atom stereocenters. The minimum atomic E-state index is 0.0151. The van der Waals surface area contributed by atoms with E-state index in [9.17, 15) is 9.90 Å². The first kappa shape index (κ1) is 15.9. The fraction of sp³-hybridized carbons (Fsp3) is 0.588. The van der Waals surface area contributed by atoms with Crippen LogP contribution in [0.1, 0.15) is 38.4 Å². The highest BCUT2D eigenvalue weighted by atomic mass is 16.3. The molecule has 3 heterocycles. The van der Waals surface area contributed by atoms with E-state index in [1.165, 1.54) is 0 Å². The topological polar surface area (TPSA) is 82.1 Å². The van der Waals surface area contributed by atoms with Crippen molar-refractivity contribution in [2.24, 2.45) is 5.41 Å².